The second kappa shape index (κ2) is 4.21. The van der Waals surface area contributed by atoms with E-state index < -0.39 is 12.6 Å². The predicted molar refractivity (Wildman–Crippen MR) is 46.2 cm³/mol. The van der Waals surface area contributed by atoms with Gasteiger partial charge in [0.05, 0.1) is 5.92 Å². The van der Waals surface area contributed by atoms with Crippen LogP contribution in [0.25, 0.3) is 0 Å². The third-order valence-electron chi connectivity index (χ3n) is 1.63. The molecule has 64 valence electrons. The fourth-order valence-electron chi connectivity index (χ4n) is 0.914. The molecule has 0 bridgehead atoms. The van der Waals surface area contributed by atoms with Gasteiger partial charge in [-0.1, -0.05) is 23.7 Å². The molecule has 1 nitrogen and oxygen atoms in total. The highest BCUT2D eigenvalue weighted by atomic mass is 35.5. The normalized spacial score (nSPS) is 12.5. The van der Waals surface area contributed by atoms with Crippen molar-refractivity contribution < 1.29 is 9.18 Å². The topological polar surface area (TPSA) is 17.1 Å². The standard InChI is InChI=1S/C9H8ClFO/c10-9-3-1-7(2-4-9)8(5-11)6-12/h1-4,6,8H,5H2. The van der Waals surface area contributed by atoms with Gasteiger partial charge in [-0.25, -0.2) is 4.39 Å². The molecule has 1 aromatic rings. The van der Waals surface area contributed by atoms with Gasteiger partial charge in [-0.3, -0.25) is 0 Å². The van der Waals surface area contributed by atoms with Crippen LogP contribution >= 0.6 is 11.6 Å². The number of aldehydes is 1. The zero-order valence-corrected chi connectivity index (χ0v) is 7.09. The minimum atomic E-state index is -0.662. The molecule has 1 unspecified atom stereocenters. The van der Waals surface area contributed by atoms with Crippen molar-refractivity contribution in [1.82, 2.24) is 0 Å². The number of carbonyl (C=O) groups excluding carboxylic acids is 1. The van der Waals surface area contributed by atoms with Crippen molar-refractivity contribution in [1.29, 1.82) is 0 Å². The maximum absolute atomic E-state index is 12.2. The highest BCUT2D eigenvalue weighted by molar-refractivity contribution is 6.30. The first-order valence-corrected chi connectivity index (χ1v) is 3.92. The van der Waals surface area contributed by atoms with Crippen LogP contribution in [-0.4, -0.2) is 13.0 Å². The van der Waals surface area contributed by atoms with Gasteiger partial charge < -0.3 is 4.79 Å². The molecule has 0 saturated heterocycles. The Morgan fingerprint density at radius 1 is 1.42 bits per heavy atom. The van der Waals surface area contributed by atoms with E-state index in [0.29, 0.717) is 16.9 Å². The summed E-state index contributed by atoms with van der Waals surface area (Å²) in [4.78, 5) is 10.3. The molecule has 3 heteroatoms. The molecule has 0 amide bonds. The molecule has 0 aromatic heterocycles. The summed E-state index contributed by atoms with van der Waals surface area (Å²) in [5.41, 5.74) is 0.664. The quantitative estimate of drug-likeness (QED) is 0.664. The molecule has 0 aliphatic heterocycles. The Morgan fingerprint density at radius 3 is 2.42 bits per heavy atom. The summed E-state index contributed by atoms with van der Waals surface area (Å²) in [7, 11) is 0. The van der Waals surface area contributed by atoms with Crippen molar-refractivity contribution in [2.45, 2.75) is 5.92 Å². The molecule has 12 heavy (non-hydrogen) atoms. The fourth-order valence-corrected chi connectivity index (χ4v) is 1.04. The van der Waals surface area contributed by atoms with Crippen LogP contribution in [0.1, 0.15) is 11.5 Å². The van der Waals surface area contributed by atoms with Gasteiger partial charge in [0.25, 0.3) is 0 Å². The maximum atomic E-state index is 12.2. The predicted octanol–water partition coefficient (Wildman–Crippen LogP) is 2.59. The van der Waals surface area contributed by atoms with Gasteiger partial charge in [0.2, 0.25) is 0 Å². The van der Waals surface area contributed by atoms with Crippen LogP contribution in [0, 0.1) is 0 Å². The van der Waals surface area contributed by atoms with Crippen molar-refractivity contribution in [2.75, 3.05) is 6.67 Å². The molecule has 0 saturated carbocycles. The molecule has 0 fully saturated rings. The van der Waals surface area contributed by atoms with E-state index in [1.807, 2.05) is 0 Å². The molecule has 1 aromatic carbocycles. The molecule has 0 aliphatic carbocycles. The summed E-state index contributed by atoms with van der Waals surface area (Å²) in [6.07, 6.45) is 0.600. The van der Waals surface area contributed by atoms with E-state index in [0.717, 1.165) is 0 Å². The third kappa shape index (κ3) is 2.05. The number of alkyl halides is 1. The Morgan fingerprint density at radius 2 is 2.00 bits per heavy atom. The van der Waals surface area contributed by atoms with Crippen LogP contribution in [-0.2, 0) is 4.79 Å². The van der Waals surface area contributed by atoms with Crippen molar-refractivity contribution in [2.24, 2.45) is 0 Å². The summed E-state index contributed by atoms with van der Waals surface area (Å²) < 4.78 is 12.2. The van der Waals surface area contributed by atoms with Crippen LogP contribution in [0.5, 0.6) is 0 Å². The van der Waals surface area contributed by atoms with Crippen molar-refractivity contribution in [3.05, 3.63) is 34.9 Å². The van der Waals surface area contributed by atoms with E-state index in [4.69, 9.17) is 11.6 Å². The van der Waals surface area contributed by atoms with Gasteiger partial charge in [0, 0.05) is 5.02 Å². The molecular weight excluding hydrogens is 179 g/mol. The van der Waals surface area contributed by atoms with E-state index in [1.165, 1.54) is 0 Å². The van der Waals surface area contributed by atoms with Crippen LogP contribution < -0.4 is 0 Å². The maximum Gasteiger partial charge on any atom is 0.130 e. The fraction of sp³-hybridized carbons (Fsp3) is 0.222. The lowest BCUT2D eigenvalue weighted by Crippen LogP contribution is -2.01. The molecular formula is C9H8ClFO. The zero-order valence-electron chi connectivity index (χ0n) is 6.34. The average molecular weight is 187 g/mol. The first kappa shape index (κ1) is 9.20. The number of halogens is 2. The Bertz CT molecular complexity index is 258. The van der Waals surface area contributed by atoms with Gasteiger partial charge in [-0.2, -0.15) is 0 Å². The lowest BCUT2D eigenvalue weighted by atomic mass is 10.0. The van der Waals surface area contributed by atoms with Crippen molar-refractivity contribution >= 4 is 17.9 Å². The lowest BCUT2D eigenvalue weighted by Gasteiger charge is -2.04. The van der Waals surface area contributed by atoms with Crippen molar-refractivity contribution in [3.63, 3.8) is 0 Å². The first-order chi connectivity index (χ1) is 5.77. The number of hydrogen-bond donors (Lipinski definition) is 0. The summed E-state index contributed by atoms with van der Waals surface area (Å²) >= 11 is 5.62. The van der Waals surface area contributed by atoms with E-state index in [2.05, 4.69) is 0 Å². The molecule has 1 rings (SSSR count). The monoisotopic (exact) mass is 186 g/mol. The van der Waals surface area contributed by atoms with Gasteiger partial charge in [-0.05, 0) is 17.7 Å². The number of hydrogen-bond acceptors (Lipinski definition) is 1. The van der Waals surface area contributed by atoms with Gasteiger partial charge in [-0.15, -0.1) is 0 Å². The highest BCUT2D eigenvalue weighted by Gasteiger charge is 2.08. The smallest absolute Gasteiger partial charge is 0.130 e. The van der Waals surface area contributed by atoms with Gasteiger partial charge >= 0.3 is 0 Å². The van der Waals surface area contributed by atoms with Crippen LogP contribution in [0.3, 0.4) is 0 Å². The van der Waals surface area contributed by atoms with Gasteiger partial charge in [0.15, 0.2) is 0 Å². The lowest BCUT2D eigenvalue weighted by molar-refractivity contribution is -0.109. The average Bonchev–Trinajstić information content (AvgIpc) is 2.10. The number of rotatable bonds is 3. The Labute approximate surface area is 75.2 Å². The minimum Gasteiger partial charge on any atom is -0.303 e. The van der Waals surface area contributed by atoms with E-state index >= 15 is 0 Å². The van der Waals surface area contributed by atoms with E-state index in [9.17, 15) is 9.18 Å². The molecule has 0 aliphatic rings. The zero-order chi connectivity index (χ0) is 8.97. The summed E-state index contributed by atoms with van der Waals surface area (Å²) in [6.45, 7) is -0.662. The SMILES string of the molecule is O=CC(CF)c1ccc(Cl)cc1. The number of benzene rings is 1. The summed E-state index contributed by atoms with van der Waals surface area (Å²) in [6, 6.07) is 6.59. The Kier molecular flexibility index (Phi) is 3.23. The molecule has 0 N–H and O–H groups in total. The first-order valence-electron chi connectivity index (χ1n) is 3.54. The van der Waals surface area contributed by atoms with Crippen LogP contribution in [0.15, 0.2) is 24.3 Å². The van der Waals surface area contributed by atoms with Crippen LogP contribution in [0.4, 0.5) is 4.39 Å². The van der Waals surface area contributed by atoms with E-state index in [1.54, 1.807) is 24.3 Å². The summed E-state index contributed by atoms with van der Waals surface area (Å²) in [5.74, 6) is -0.651. The van der Waals surface area contributed by atoms with Crippen molar-refractivity contribution in [3.8, 4) is 0 Å². The highest BCUT2D eigenvalue weighted by Crippen LogP contribution is 2.16. The molecule has 0 heterocycles. The van der Waals surface area contributed by atoms with Gasteiger partial charge in [0.1, 0.15) is 13.0 Å². The van der Waals surface area contributed by atoms with Crippen LogP contribution in [0.2, 0.25) is 5.02 Å². The number of carbonyl (C=O) groups is 1. The van der Waals surface area contributed by atoms with E-state index in [-0.39, 0.29) is 0 Å². The Balaban J connectivity index is 2.87. The second-order valence-electron chi connectivity index (χ2n) is 2.45. The molecule has 0 spiro atoms. The minimum absolute atomic E-state index is 0.585. The second-order valence-corrected chi connectivity index (χ2v) is 2.88. The molecule has 0 radical (unpaired) electrons. The third-order valence-corrected chi connectivity index (χ3v) is 1.88. The summed E-state index contributed by atoms with van der Waals surface area (Å²) in [5, 5.41) is 0.585. The largest absolute Gasteiger partial charge is 0.303 e. The molecule has 1 atom stereocenters. The Hall–Kier alpha value is -0.890.